The fourth-order valence-corrected chi connectivity index (χ4v) is 1.67. The first-order valence-electron chi connectivity index (χ1n) is 7.67. The second-order valence-electron chi connectivity index (χ2n) is 3.70. The lowest BCUT2D eigenvalue weighted by Gasteiger charge is -1.97. The van der Waals surface area contributed by atoms with Crippen molar-refractivity contribution >= 4 is 6.08 Å². The molecule has 3 nitrogen and oxygen atoms in total. The van der Waals surface area contributed by atoms with Crippen molar-refractivity contribution in [2.24, 2.45) is 0 Å². The van der Waals surface area contributed by atoms with E-state index in [-0.39, 0.29) is 5.75 Å². The molecule has 1 aromatic carbocycles. The fraction of sp³-hybridized carbons (Fsp3) is 0.389. The standard InChI is InChI=1S/C14H15NO2.2C2H6/c1-3-7-11-13(4-2)17-14(15-11)10-8-5-6-9-12(10)16;2*1-2/h3,5-9,16H,4H2,1-2H3;2*1-2H3/b7-3-;;. The van der Waals surface area contributed by atoms with E-state index >= 15 is 0 Å². The Morgan fingerprint density at radius 3 is 2.29 bits per heavy atom. The van der Waals surface area contributed by atoms with E-state index in [0.717, 1.165) is 17.9 Å². The average Bonchev–Trinajstić information content (AvgIpc) is 2.95. The van der Waals surface area contributed by atoms with Crippen LogP contribution in [0.5, 0.6) is 5.75 Å². The van der Waals surface area contributed by atoms with Gasteiger partial charge in [0.2, 0.25) is 5.89 Å². The predicted octanol–water partition coefficient (Wildman–Crippen LogP) is 5.70. The highest BCUT2D eigenvalue weighted by Gasteiger charge is 2.13. The van der Waals surface area contributed by atoms with Gasteiger partial charge in [-0.1, -0.05) is 52.8 Å². The molecule has 0 unspecified atom stereocenters. The minimum Gasteiger partial charge on any atom is -0.507 e. The van der Waals surface area contributed by atoms with Crippen LogP contribution in [0.1, 0.15) is 53.0 Å². The van der Waals surface area contributed by atoms with Crippen molar-refractivity contribution in [3.63, 3.8) is 0 Å². The smallest absolute Gasteiger partial charge is 0.230 e. The molecule has 0 amide bonds. The number of aryl methyl sites for hydroxylation is 1. The third-order valence-corrected chi connectivity index (χ3v) is 2.51. The van der Waals surface area contributed by atoms with E-state index in [4.69, 9.17) is 4.42 Å². The molecule has 1 heterocycles. The highest BCUT2D eigenvalue weighted by molar-refractivity contribution is 5.64. The monoisotopic (exact) mass is 289 g/mol. The van der Waals surface area contributed by atoms with E-state index in [1.54, 1.807) is 18.2 Å². The van der Waals surface area contributed by atoms with E-state index in [2.05, 4.69) is 4.98 Å². The van der Waals surface area contributed by atoms with Gasteiger partial charge in [-0.3, -0.25) is 0 Å². The Balaban J connectivity index is 0.000000921. The number of aromatic hydroxyl groups is 1. The molecule has 0 spiro atoms. The number of hydrogen-bond acceptors (Lipinski definition) is 3. The van der Waals surface area contributed by atoms with Crippen LogP contribution in [0.15, 0.2) is 34.8 Å². The molecule has 0 radical (unpaired) electrons. The Kier molecular flexibility index (Phi) is 9.69. The van der Waals surface area contributed by atoms with E-state index < -0.39 is 0 Å². The maximum absolute atomic E-state index is 9.75. The number of nitrogens with zero attached hydrogens (tertiary/aromatic N) is 1. The topological polar surface area (TPSA) is 46.3 Å². The van der Waals surface area contributed by atoms with Gasteiger partial charge in [-0.15, -0.1) is 0 Å². The summed E-state index contributed by atoms with van der Waals surface area (Å²) in [7, 11) is 0. The minimum atomic E-state index is 0.184. The summed E-state index contributed by atoms with van der Waals surface area (Å²) in [6, 6.07) is 7.04. The van der Waals surface area contributed by atoms with Crippen LogP contribution in [0.3, 0.4) is 0 Å². The van der Waals surface area contributed by atoms with Crippen LogP contribution >= 0.6 is 0 Å². The largest absolute Gasteiger partial charge is 0.507 e. The zero-order valence-corrected chi connectivity index (χ0v) is 14.0. The molecule has 0 saturated carbocycles. The van der Waals surface area contributed by atoms with Crippen LogP contribution < -0.4 is 0 Å². The highest BCUT2D eigenvalue weighted by atomic mass is 16.4. The van der Waals surface area contributed by atoms with Crippen molar-refractivity contribution in [3.05, 3.63) is 41.8 Å². The summed E-state index contributed by atoms with van der Waals surface area (Å²) >= 11 is 0. The van der Waals surface area contributed by atoms with E-state index in [1.807, 2.05) is 59.8 Å². The Labute approximate surface area is 128 Å². The predicted molar refractivity (Wildman–Crippen MR) is 90.4 cm³/mol. The first kappa shape index (κ1) is 19.0. The summed E-state index contributed by atoms with van der Waals surface area (Å²) in [5.74, 6) is 1.48. The summed E-state index contributed by atoms with van der Waals surface area (Å²) in [5, 5.41) is 9.75. The fourth-order valence-electron chi connectivity index (χ4n) is 1.67. The number of aromatic nitrogens is 1. The van der Waals surface area contributed by atoms with Crippen LogP contribution in [0, 0.1) is 0 Å². The SMILES string of the molecule is C/C=C\c1nc(-c2ccccc2O)oc1CC.CC.CC. The zero-order valence-electron chi connectivity index (χ0n) is 14.0. The molecule has 1 N–H and O–H groups in total. The van der Waals surface area contributed by atoms with Crippen molar-refractivity contribution in [2.75, 3.05) is 0 Å². The molecule has 2 rings (SSSR count). The molecule has 1 aromatic heterocycles. The molecule has 0 aliphatic heterocycles. The molecule has 0 saturated heterocycles. The van der Waals surface area contributed by atoms with Gasteiger partial charge < -0.3 is 9.52 Å². The van der Waals surface area contributed by atoms with Gasteiger partial charge in [-0.05, 0) is 25.1 Å². The number of oxazole rings is 1. The number of phenols is 1. The van der Waals surface area contributed by atoms with Crippen molar-refractivity contribution in [2.45, 2.75) is 48.0 Å². The molecule has 0 fully saturated rings. The quantitative estimate of drug-likeness (QED) is 0.788. The van der Waals surface area contributed by atoms with Gasteiger partial charge >= 0.3 is 0 Å². The molecule has 0 bridgehead atoms. The van der Waals surface area contributed by atoms with E-state index in [1.165, 1.54) is 0 Å². The molecule has 3 heteroatoms. The van der Waals surface area contributed by atoms with Crippen molar-refractivity contribution < 1.29 is 9.52 Å². The zero-order chi connectivity index (χ0) is 16.3. The van der Waals surface area contributed by atoms with E-state index in [9.17, 15) is 5.11 Å². The second kappa shape index (κ2) is 10.7. The average molecular weight is 289 g/mol. The molecular formula is C18H27NO2. The molecule has 0 aliphatic rings. The third kappa shape index (κ3) is 5.10. The van der Waals surface area contributed by atoms with Crippen LogP contribution in [0.25, 0.3) is 17.5 Å². The van der Waals surface area contributed by atoms with Gasteiger partial charge in [0, 0.05) is 6.42 Å². The number of phenolic OH excluding ortho intramolecular Hbond substituents is 1. The molecule has 0 aliphatic carbocycles. The Hall–Kier alpha value is -2.03. The van der Waals surface area contributed by atoms with Gasteiger partial charge in [0.05, 0.1) is 5.56 Å². The number of hydrogen-bond donors (Lipinski definition) is 1. The van der Waals surface area contributed by atoms with Crippen LogP contribution in [-0.2, 0) is 6.42 Å². The number of rotatable bonds is 3. The number of allylic oxidation sites excluding steroid dienone is 1. The first-order valence-corrected chi connectivity index (χ1v) is 7.67. The van der Waals surface area contributed by atoms with Crippen molar-refractivity contribution in [3.8, 4) is 17.2 Å². The van der Waals surface area contributed by atoms with Gasteiger partial charge in [-0.2, -0.15) is 0 Å². The number of benzene rings is 1. The lowest BCUT2D eigenvalue weighted by atomic mass is 10.2. The third-order valence-electron chi connectivity index (χ3n) is 2.51. The van der Waals surface area contributed by atoms with Gasteiger partial charge in [0.15, 0.2) is 0 Å². The van der Waals surface area contributed by atoms with Crippen LogP contribution in [0.2, 0.25) is 0 Å². The second-order valence-corrected chi connectivity index (χ2v) is 3.70. The summed E-state index contributed by atoms with van der Waals surface area (Å²) < 4.78 is 5.66. The van der Waals surface area contributed by atoms with E-state index in [0.29, 0.717) is 11.5 Å². The summed E-state index contributed by atoms with van der Waals surface area (Å²) in [6.07, 6.45) is 4.61. The Bertz CT molecular complexity index is 542. The molecule has 2 aromatic rings. The molecular weight excluding hydrogens is 262 g/mol. The lowest BCUT2D eigenvalue weighted by Crippen LogP contribution is -1.80. The molecule has 21 heavy (non-hydrogen) atoms. The van der Waals surface area contributed by atoms with Crippen LogP contribution in [0.4, 0.5) is 0 Å². The number of para-hydroxylation sites is 1. The van der Waals surface area contributed by atoms with Crippen LogP contribution in [-0.4, -0.2) is 10.1 Å². The normalized spacial score (nSPS) is 9.62. The maximum atomic E-state index is 9.75. The lowest BCUT2D eigenvalue weighted by molar-refractivity contribution is 0.470. The van der Waals surface area contributed by atoms with Gasteiger partial charge in [0.25, 0.3) is 0 Å². The van der Waals surface area contributed by atoms with Crippen molar-refractivity contribution in [1.82, 2.24) is 4.98 Å². The summed E-state index contributed by atoms with van der Waals surface area (Å²) in [4.78, 5) is 4.39. The van der Waals surface area contributed by atoms with Crippen molar-refractivity contribution in [1.29, 1.82) is 0 Å². The highest BCUT2D eigenvalue weighted by Crippen LogP contribution is 2.30. The summed E-state index contributed by atoms with van der Waals surface area (Å²) in [6.45, 7) is 12.0. The Morgan fingerprint density at radius 1 is 1.14 bits per heavy atom. The minimum absolute atomic E-state index is 0.184. The Morgan fingerprint density at radius 2 is 1.76 bits per heavy atom. The van der Waals surface area contributed by atoms with Gasteiger partial charge in [0.1, 0.15) is 17.2 Å². The summed E-state index contributed by atoms with van der Waals surface area (Å²) in [5.41, 5.74) is 1.45. The van der Waals surface area contributed by atoms with Gasteiger partial charge in [-0.25, -0.2) is 4.98 Å². The first-order chi connectivity index (χ1) is 10.3. The molecule has 0 atom stereocenters. The molecule has 116 valence electrons. The maximum Gasteiger partial charge on any atom is 0.230 e.